The largest absolute Gasteiger partial charge is 0.340 e. The lowest BCUT2D eigenvalue weighted by molar-refractivity contribution is 0.624. The zero-order valence-corrected chi connectivity index (χ0v) is 9.15. The molecule has 16 heavy (non-hydrogen) atoms. The minimum atomic E-state index is -0.200. The van der Waals surface area contributed by atoms with Gasteiger partial charge in [-0.2, -0.15) is 0 Å². The van der Waals surface area contributed by atoms with Crippen molar-refractivity contribution < 1.29 is 4.39 Å². The summed E-state index contributed by atoms with van der Waals surface area (Å²) < 4.78 is 14.6. The maximum absolute atomic E-state index is 12.6. The van der Waals surface area contributed by atoms with Crippen LogP contribution in [0, 0.1) is 5.82 Å². The molecule has 0 fully saturated rings. The van der Waals surface area contributed by atoms with Gasteiger partial charge in [0, 0.05) is 26.3 Å². The molecule has 0 unspecified atom stereocenters. The number of benzene rings is 1. The number of nitrogens with one attached hydrogen (secondary N) is 1. The standard InChI is InChI=1S/C12H14FN3/c1-16-8-12(15-9-16)7-14-6-10-2-4-11(13)5-3-10/h2-5,8-9,14H,6-7H2,1H3. The maximum atomic E-state index is 12.6. The van der Waals surface area contributed by atoms with Gasteiger partial charge in [0.1, 0.15) is 5.82 Å². The van der Waals surface area contributed by atoms with Crippen LogP contribution in [0.1, 0.15) is 11.3 Å². The topological polar surface area (TPSA) is 29.9 Å². The van der Waals surface area contributed by atoms with Crippen LogP contribution in [-0.4, -0.2) is 9.55 Å². The molecule has 0 atom stereocenters. The Bertz CT molecular complexity index is 448. The van der Waals surface area contributed by atoms with Crippen molar-refractivity contribution in [3.8, 4) is 0 Å². The molecule has 1 heterocycles. The summed E-state index contributed by atoms with van der Waals surface area (Å²) in [5, 5.41) is 3.25. The Kier molecular flexibility index (Phi) is 3.31. The summed E-state index contributed by atoms with van der Waals surface area (Å²) in [7, 11) is 1.94. The minimum absolute atomic E-state index is 0.200. The fraction of sp³-hybridized carbons (Fsp3) is 0.250. The van der Waals surface area contributed by atoms with Crippen LogP contribution in [0.3, 0.4) is 0 Å². The van der Waals surface area contributed by atoms with Gasteiger partial charge in [-0.15, -0.1) is 0 Å². The molecule has 2 rings (SSSR count). The molecular weight excluding hydrogens is 205 g/mol. The number of hydrogen-bond donors (Lipinski definition) is 1. The Morgan fingerprint density at radius 3 is 2.62 bits per heavy atom. The van der Waals surface area contributed by atoms with Crippen LogP contribution in [0.4, 0.5) is 4.39 Å². The lowest BCUT2D eigenvalue weighted by Gasteiger charge is -2.02. The van der Waals surface area contributed by atoms with Crippen molar-refractivity contribution in [1.29, 1.82) is 0 Å². The van der Waals surface area contributed by atoms with Gasteiger partial charge in [-0.25, -0.2) is 9.37 Å². The van der Waals surface area contributed by atoms with Gasteiger partial charge in [-0.1, -0.05) is 12.1 Å². The number of imidazole rings is 1. The quantitative estimate of drug-likeness (QED) is 0.850. The second-order valence-electron chi connectivity index (χ2n) is 3.76. The lowest BCUT2D eigenvalue weighted by atomic mass is 10.2. The van der Waals surface area contributed by atoms with Gasteiger partial charge in [0.25, 0.3) is 0 Å². The van der Waals surface area contributed by atoms with E-state index >= 15 is 0 Å². The SMILES string of the molecule is Cn1cnc(CNCc2ccc(F)cc2)c1. The van der Waals surface area contributed by atoms with Crippen molar-refractivity contribution >= 4 is 0 Å². The average Bonchev–Trinajstić information content (AvgIpc) is 2.67. The first-order chi connectivity index (χ1) is 7.74. The first kappa shape index (κ1) is 10.8. The zero-order chi connectivity index (χ0) is 11.4. The van der Waals surface area contributed by atoms with Crippen molar-refractivity contribution in [2.24, 2.45) is 7.05 Å². The Hall–Kier alpha value is -1.68. The van der Waals surface area contributed by atoms with E-state index in [9.17, 15) is 4.39 Å². The van der Waals surface area contributed by atoms with Crippen molar-refractivity contribution in [1.82, 2.24) is 14.9 Å². The fourth-order valence-electron chi connectivity index (χ4n) is 1.50. The molecule has 0 spiro atoms. The van der Waals surface area contributed by atoms with E-state index in [1.807, 2.05) is 17.8 Å². The molecule has 0 saturated carbocycles. The molecule has 0 radical (unpaired) electrons. The number of halogens is 1. The summed E-state index contributed by atoms with van der Waals surface area (Å²) in [4.78, 5) is 4.20. The fourth-order valence-corrected chi connectivity index (χ4v) is 1.50. The second kappa shape index (κ2) is 4.90. The van der Waals surface area contributed by atoms with Crippen LogP contribution in [0.15, 0.2) is 36.8 Å². The normalized spacial score (nSPS) is 10.6. The molecule has 1 aromatic heterocycles. The lowest BCUT2D eigenvalue weighted by Crippen LogP contribution is -2.12. The van der Waals surface area contributed by atoms with E-state index in [0.29, 0.717) is 0 Å². The van der Waals surface area contributed by atoms with Crippen molar-refractivity contribution in [3.05, 3.63) is 53.9 Å². The van der Waals surface area contributed by atoms with Gasteiger partial charge >= 0.3 is 0 Å². The van der Waals surface area contributed by atoms with E-state index in [1.54, 1.807) is 18.5 Å². The molecule has 3 nitrogen and oxygen atoms in total. The third kappa shape index (κ3) is 2.90. The van der Waals surface area contributed by atoms with E-state index in [4.69, 9.17) is 0 Å². The summed E-state index contributed by atoms with van der Waals surface area (Å²) >= 11 is 0. The maximum Gasteiger partial charge on any atom is 0.123 e. The van der Waals surface area contributed by atoms with E-state index in [-0.39, 0.29) is 5.82 Å². The molecule has 1 aromatic carbocycles. The molecule has 0 aliphatic carbocycles. The zero-order valence-electron chi connectivity index (χ0n) is 9.15. The molecule has 4 heteroatoms. The number of nitrogens with zero attached hydrogens (tertiary/aromatic N) is 2. The molecule has 0 amide bonds. The number of hydrogen-bond acceptors (Lipinski definition) is 2. The van der Waals surface area contributed by atoms with Crippen LogP contribution in [0.2, 0.25) is 0 Å². The molecule has 84 valence electrons. The van der Waals surface area contributed by atoms with Gasteiger partial charge in [0.05, 0.1) is 12.0 Å². The Morgan fingerprint density at radius 1 is 1.25 bits per heavy atom. The summed E-state index contributed by atoms with van der Waals surface area (Å²) in [5.41, 5.74) is 2.07. The first-order valence-electron chi connectivity index (χ1n) is 5.16. The van der Waals surface area contributed by atoms with Gasteiger partial charge < -0.3 is 9.88 Å². The van der Waals surface area contributed by atoms with Crippen molar-refractivity contribution in [2.75, 3.05) is 0 Å². The highest BCUT2D eigenvalue weighted by Gasteiger charge is 1.97. The summed E-state index contributed by atoms with van der Waals surface area (Å²) in [6, 6.07) is 6.50. The monoisotopic (exact) mass is 219 g/mol. The second-order valence-corrected chi connectivity index (χ2v) is 3.76. The number of rotatable bonds is 4. The van der Waals surface area contributed by atoms with Crippen LogP contribution in [0.25, 0.3) is 0 Å². The van der Waals surface area contributed by atoms with Gasteiger partial charge in [0.15, 0.2) is 0 Å². The van der Waals surface area contributed by atoms with Crippen LogP contribution in [0.5, 0.6) is 0 Å². The first-order valence-corrected chi connectivity index (χ1v) is 5.16. The van der Waals surface area contributed by atoms with Gasteiger partial charge in [-0.3, -0.25) is 0 Å². The summed E-state index contributed by atoms with van der Waals surface area (Å²) in [6.45, 7) is 1.44. The van der Waals surface area contributed by atoms with Gasteiger partial charge in [0.2, 0.25) is 0 Å². The Labute approximate surface area is 93.9 Å². The van der Waals surface area contributed by atoms with Crippen LogP contribution < -0.4 is 5.32 Å². The molecule has 0 aliphatic heterocycles. The molecule has 0 aliphatic rings. The van der Waals surface area contributed by atoms with E-state index in [0.717, 1.165) is 24.3 Å². The minimum Gasteiger partial charge on any atom is -0.340 e. The Morgan fingerprint density at radius 2 is 2.00 bits per heavy atom. The van der Waals surface area contributed by atoms with Crippen LogP contribution in [-0.2, 0) is 20.1 Å². The predicted molar refractivity (Wildman–Crippen MR) is 60.2 cm³/mol. The summed E-state index contributed by atoms with van der Waals surface area (Å²) in [6.07, 6.45) is 3.74. The van der Waals surface area contributed by atoms with E-state index in [1.165, 1.54) is 12.1 Å². The average molecular weight is 219 g/mol. The van der Waals surface area contributed by atoms with E-state index in [2.05, 4.69) is 10.3 Å². The highest BCUT2D eigenvalue weighted by molar-refractivity contribution is 5.15. The number of aromatic nitrogens is 2. The van der Waals surface area contributed by atoms with Crippen molar-refractivity contribution in [3.63, 3.8) is 0 Å². The molecule has 0 saturated heterocycles. The third-order valence-electron chi connectivity index (χ3n) is 2.31. The molecule has 1 N–H and O–H groups in total. The molecular formula is C12H14FN3. The summed E-state index contributed by atoms with van der Waals surface area (Å²) in [5.74, 6) is -0.200. The van der Waals surface area contributed by atoms with Gasteiger partial charge in [-0.05, 0) is 17.7 Å². The third-order valence-corrected chi connectivity index (χ3v) is 2.31. The number of aryl methyl sites for hydroxylation is 1. The van der Waals surface area contributed by atoms with Crippen molar-refractivity contribution in [2.45, 2.75) is 13.1 Å². The predicted octanol–water partition coefficient (Wildman–Crippen LogP) is 1.85. The smallest absolute Gasteiger partial charge is 0.123 e. The molecule has 2 aromatic rings. The highest BCUT2D eigenvalue weighted by atomic mass is 19.1. The molecule has 0 bridgehead atoms. The van der Waals surface area contributed by atoms with E-state index < -0.39 is 0 Å². The highest BCUT2D eigenvalue weighted by Crippen LogP contribution is 2.02. The Balaban J connectivity index is 1.82. The van der Waals surface area contributed by atoms with Crippen LogP contribution >= 0.6 is 0 Å².